The third-order valence-corrected chi connectivity index (χ3v) is 3.23. The van der Waals surface area contributed by atoms with Crippen molar-refractivity contribution in [3.8, 4) is 6.07 Å². The lowest BCUT2D eigenvalue weighted by molar-refractivity contribution is 0.503. The van der Waals surface area contributed by atoms with Crippen molar-refractivity contribution in [2.75, 3.05) is 0 Å². The fourth-order valence-electron chi connectivity index (χ4n) is 1.57. The first-order chi connectivity index (χ1) is 9.19. The van der Waals surface area contributed by atoms with Crippen LogP contribution < -0.4 is 0 Å². The number of unbranched alkanes of at least 4 members (excludes halogenated alkanes) is 1. The van der Waals surface area contributed by atoms with E-state index in [1.165, 1.54) is 4.80 Å². The summed E-state index contributed by atoms with van der Waals surface area (Å²) in [6.45, 7) is 0.599. The quantitative estimate of drug-likeness (QED) is 0.796. The van der Waals surface area contributed by atoms with Gasteiger partial charge in [0.05, 0.1) is 22.7 Å². The van der Waals surface area contributed by atoms with E-state index >= 15 is 0 Å². The van der Waals surface area contributed by atoms with Gasteiger partial charge in [0.1, 0.15) is 0 Å². The highest BCUT2D eigenvalue weighted by Crippen LogP contribution is 2.23. The molecule has 0 bridgehead atoms. The molecule has 0 radical (unpaired) electrons. The monoisotopic (exact) mass is 295 g/mol. The maximum Gasteiger partial charge on any atom is 0.179 e. The molecule has 0 amide bonds. The predicted molar refractivity (Wildman–Crippen MR) is 71.9 cm³/mol. The van der Waals surface area contributed by atoms with Crippen LogP contribution in [0.4, 0.5) is 0 Å². The molecule has 0 aliphatic carbocycles. The molecule has 2 aromatic rings. The van der Waals surface area contributed by atoms with Crippen molar-refractivity contribution < 1.29 is 0 Å². The molecule has 1 heterocycles. The molecule has 0 fully saturated rings. The van der Waals surface area contributed by atoms with E-state index in [-0.39, 0.29) is 0 Å². The number of aryl methyl sites for hydroxylation is 1. The number of aromatic nitrogens is 4. The number of nitriles is 1. The van der Waals surface area contributed by atoms with Gasteiger partial charge in [0.25, 0.3) is 0 Å². The number of hydrogen-bond donors (Lipinski definition) is 0. The van der Waals surface area contributed by atoms with Crippen LogP contribution in [0.3, 0.4) is 0 Å². The third-order valence-electron chi connectivity index (χ3n) is 2.49. The van der Waals surface area contributed by atoms with Crippen LogP contribution in [0.2, 0.25) is 10.0 Å². The molecule has 7 heteroatoms. The van der Waals surface area contributed by atoms with Gasteiger partial charge in [-0.1, -0.05) is 29.3 Å². The molecule has 1 aromatic heterocycles. The van der Waals surface area contributed by atoms with Crippen LogP contribution in [0.1, 0.15) is 24.2 Å². The molecular formula is C12H11Cl2N5. The lowest BCUT2D eigenvalue weighted by Gasteiger charge is -1.99. The van der Waals surface area contributed by atoms with E-state index in [2.05, 4.69) is 21.5 Å². The molecule has 0 aliphatic heterocycles. The van der Waals surface area contributed by atoms with Crippen LogP contribution in [-0.4, -0.2) is 20.2 Å². The van der Waals surface area contributed by atoms with Crippen molar-refractivity contribution >= 4 is 23.2 Å². The first-order valence-corrected chi connectivity index (χ1v) is 6.52. The van der Waals surface area contributed by atoms with Crippen molar-refractivity contribution in [2.45, 2.75) is 25.8 Å². The zero-order valence-corrected chi connectivity index (χ0v) is 11.6. The molecule has 98 valence electrons. The minimum Gasteiger partial charge on any atom is -0.198 e. The summed E-state index contributed by atoms with van der Waals surface area (Å²) in [4.78, 5) is 1.50. The van der Waals surface area contributed by atoms with E-state index in [1.807, 2.05) is 6.07 Å². The Morgan fingerprint density at radius 2 is 2.11 bits per heavy atom. The van der Waals surface area contributed by atoms with Crippen LogP contribution in [0.5, 0.6) is 0 Å². The predicted octanol–water partition coefficient (Wildman–Crippen LogP) is 2.87. The summed E-state index contributed by atoms with van der Waals surface area (Å²) < 4.78 is 0. The fourth-order valence-corrected chi connectivity index (χ4v) is 1.89. The molecule has 5 nitrogen and oxygen atoms in total. The highest BCUT2D eigenvalue weighted by Gasteiger charge is 2.06. The van der Waals surface area contributed by atoms with Gasteiger partial charge in [0, 0.05) is 12.8 Å². The van der Waals surface area contributed by atoms with Crippen molar-refractivity contribution in [3.63, 3.8) is 0 Å². The highest BCUT2D eigenvalue weighted by molar-refractivity contribution is 6.42. The average molecular weight is 296 g/mol. The Morgan fingerprint density at radius 3 is 2.84 bits per heavy atom. The minimum absolute atomic E-state index is 0.490. The van der Waals surface area contributed by atoms with Gasteiger partial charge in [-0.15, -0.1) is 10.2 Å². The molecular weight excluding hydrogens is 285 g/mol. The second kappa shape index (κ2) is 6.50. The van der Waals surface area contributed by atoms with Gasteiger partial charge in [-0.25, -0.2) is 0 Å². The van der Waals surface area contributed by atoms with Crippen LogP contribution >= 0.6 is 23.2 Å². The Bertz CT molecular complexity index is 602. The van der Waals surface area contributed by atoms with Gasteiger partial charge in [0.2, 0.25) is 0 Å². The van der Waals surface area contributed by atoms with Gasteiger partial charge >= 0.3 is 0 Å². The van der Waals surface area contributed by atoms with E-state index < -0.39 is 0 Å². The Kier molecular flexibility index (Phi) is 4.72. The molecule has 0 N–H and O–H groups in total. The smallest absolute Gasteiger partial charge is 0.179 e. The maximum absolute atomic E-state index is 8.45. The first kappa shape index (κ1) is 13.8. The summed E-state index contributed by atoms with van der Waals surface area (Å²) in [7, 11) is 0. The minimum atomic E-state index is 0.490. The molecule has 0 saturated heterocycles. The molecule has 0 atom stereocenters. The zero-order chi connectivity index (χ0) is 13.7. The number of halogens is 2. The SMILES string of the molecule is N#CCCCn1nnc(Cc2ccc(Cl)c(Cl)c2)n1. The second-order valence-electron chi connectivity index (χ2n) is 3.99. The lowest BCUT2D eigenvalue weighted by atomic mass is 10.1. The van der Waals surface area contributed by atoms with Crippen LogP contribution in [0, 0.1) is 11.3 Å². The summed E-state index contributed by atoms with van der Waals surface area (Å²) in [6.07, 6.45) is 1.76. The number of tetrazole rings is 1. The lowest BCUT2D eigenvalue weighted by Crippen LogP contribution is -2.02. The molecule has 0 saturated carbocycles. The van der Waals surface area contributed by atoms with E-state index in [1.54, 1.807) is 12.1 Å². The average Bonchev–Trinajstić information content (AvgIpc) is 2.82. The van der Waals surface area contributed by atoms with Crippen LogP contribution in [-0.2, 0) is 13.0 Å². The Labute approximate surface area is 120 Å². The van der Waals surface area contributed by atoms with Gasteiger partial charge < -0.3 is 0 Å². The van der Waals surface area contributed by atoms with Gasteiger partial charge in [-0.2, -0.15) is 10.1 Å². The van der Waals surface area contributed by atoms with E-state index in [4.69, 9.17) is 28.5 Å². The standard InChI is InChI=1S/C12H11Cl2N5/c13-10-4-3-9(7-11(10)14)8-12-16-18-19(17-12)6-2-1-5-15/h3-4,7H,1-2,6,8H2. The summed E-state index contributed by atoms with van der Waals surface area (Å²) in [5.41, 5.74) is 0.978. The largest absolute Gasteiger partial charge is 0.198 e. The van der Waals surface area contributed by atoms with Crippen molar-refractivity contribution in [1.82, 2.24) is 20.2 Å². The Hall–Kier alpha value is -1.64. The Morgan fingerprint density at radius 1 is 1.26 bits per heavy atom. The maximum atomic E-state index is 8.45. The van der Waals surface area contributed by atoms with Crippen molar-refractivity contribution in [3.05, 3.63) is 39.6 Å². The topological polar surface area (TPSA) is 67.4 Å². The number of benzene rings is 1. The summed E-state index contributed by atoms with van der Waals surface area (Å²) in [6, 6.07) is 7.50. The van der Waals surface area contributed by atoms with Crippen LogP contribution in [0.25, 0.3) is 0 Å². The van der Waals surface area contributed by atoms with Crippen molar-refractivity contribution in [2.24, 2.45) is 0 Å². The normalized spacial score (nSPS) is 10.4. The van der Waals surface area contributed by atoms with Crippen molar-refractivity contribution in [1.29, 1.82) is 5.26 Å². The molecule has 1 aromatic carbocycles. The summed E-state index contributed by atoms with van der Waals surface area (Å²) in [5.74, 6) is 0.621. The van der Waals surface area contributed by atoms with Gasteiger partial charge in [0.15, 0.2) is 5.82 Å². The molecule has 2 rings (SSSR count). The highest BCUT2D eigenvalue weighted by atomic mass is 35.5. The molecule has 0 aliphatic rings. The number of rotatable bonds is 5. The fraction of sp³-hybridized carbons (Fsp3) is 0.333. The Balaban J connectivity index is 1.99. The molecule has 0 spiro atoms. The van der Waals surface area contributed by atoms with E-state index in [0.717, 1.165) is 12.0 Å². The van der Waals surface area contributed by atoms with Crippen LogP contribution in [0.15, 0.2) is 18.2 Å². The van der Waals surface area contributed by atoms with Gasteiger partial charge in [-0.05, 0) is 29.3 Å². The van der Waals surface area contributed by atoms with Gasteiger partial charge in [-0.3, -0.25) is 0 Å². The molecule has 19 heavy (non-hydrogen) atoms. The summed E-state index contributed by atoms with van der Waals surface area (Å²) in [5, 5.41) is 21.6. The van der Waals surface area contributed by atoms with E-state index in [0.29, 0.717) is 35.3 Å². The zero-order valence-electron chi connectivity index (χ0n) is 10.1. The third kappa shape index (κ3) is 3.91. The summed E-state index contributed by atoms with van der Waals surface area (Å²) >= 11 is 11.8. The number of hydrogen-bond acceptors (Lipinski definition) is 4. The first-order valence-electron chi connectivity index (χ1n) is 5.76. The number of nitrogens with zero attached hydrogens (tertiary/aromatic N) is 5. The van der Waals surface area contributed by atoms with E-state index in [9.17, 15) is 0 Å². The molecule has 0 unspecified atom stereocenters. The second-order valence-corrected chi connectivity index (χ2v) is 4.80.